The third kappa shape index (κ3) is 4.56. The number of anilines is 1. The second-order valence-corrected chi connectivity index (χ2v) is 8.34. The zero-order valence-electron chi connectivity index (χ0n) is 19.8. The molecule has 3 aromatic carbocycles. The van der Waals surface area contributed by atoms with E-state index in [2.05, 4.69) is 44.3 Å². The van der Waals surface area contributed by atoms with Gasteiger partial charge in [0.25, 0.3) is 0 Å². The quantitative estimate of drug-likeness (QED) is 0.320. The average molecular weight is 440 g/mol. The monoisotopic (exact) mass is 439 g/mol. The van der Waals surface area contributed by atoms with Crippen LogP contribution in [-0.2, 0) is 11.2 Å². The van der Waals surface area contributed by atoms with E-state index in [1.54, 1.807) is 19.4 Å². The second kappa shape index (κ2) is 9.37. The number of allylic oxidation sites excluding steroid dienone is 1. The lowest BCUT2D eigenvalue weighted by molar-refractivity contribution is -0.111. The Kier molecular flexibility index (Phi) is 6.36. The summed E-state index contributed by atoms with van der Waals surface area (Å²) in [4.78, 5) is 12.8. The molecule has 0 saturated carbocycles. The molecule has 0 aliphatic carbocycles. The lowest BCUT2D eigenvalue weighted by atomic mass is 9.96. The van der Waals surface area contributed by atoms with E-state index >= 15 is 0 Å². The normalized spacial score (nSPS) is 11.6. The Balaban J connectivity index is 1.73. The lowest BCUT2D eigenvalue weighted by Crippen LogP contribution is -2.10. The molecule has 0 unspecified atom stereocenters. The maximum Gasteiger partial charge on any atom is 0.248 e. The molecule has 4 nitrogen and oxygen atoms in total. The molecule has 0 aliphatic rings. The molecule has 0 radical (unpaired) electrons. The van der Waals surface area contributed by atoms with Gasteiger partial charge < -0.3 is 14.5 Å². The van der Waals surface area contributed by atoms with Crippen LogP contribution in [0.5, 0.6) is 5.75 Å². The fraction of sp³-hybridized carbons (Fsp3) is 0.207. The highest BCUT2D eigenvalue weighted by Crippen LogP contribution is 2.38. The minimum absolute atomic E-state index is 0.169. The third-order valence-corrected chi connectivity index (χ3v) is 6.00. The van der Waals surface area contributed by atoms with Crippen LogP contribution in [0.15, 0.2) is 71.4 Å². The fourth-order valence-electron chi connectivity index (χ4n) is 4.25. The first-order chi connectivity index (χ1) is 15.9. The minimum atomic E-state index is -0.169. The van der Waals surface area contributed by atoms with Gasteiger partial charge in [0.05, 0.1) is 13.4 Å². The first kappa shape index (κ1) is 22.4. The van der Waals surface area contributed by atoms with Crippen molar-refractivity contribution < 1.29 is 13.9 Å². The highest BCUT2D eigenvalue weighted by Gasteiger charge is 2.16. The lowest BCUT2D eigenvalue weighted by Gasteiger charge is -2.12. The third-order valence-electron chi connectivity index (χ3n) is 6.00. The van der Waals surface area contributed by atoms with Gasteiger partial charge >= 0.3 is 0 Å². The molecule has 4 rings (SSSR count). The Morgan fingerprint density at radius 1 is 1.06 bits per heavy atom. The Morgan fingerprint density at radius 3 is 2.58 bits per heavy atom. The van der Waals surface area contributed by atoms with Crippen LogP contribution in [0.3, 0.4) is 0 Å². The van der Waals surface area contributed by atoms with Crippen LogP contribution in [0.25, 0.3) is 27.7 Å². The van der Waals surface area contributed by atoms with E-state index in [1.807, 2.05) is 43.3 Å². The largest absolute Gasteiger partial charge is 0.496 e. The van der Waals surface area contributed by atoms with Crippen molar-refractivity contribution in [3.63, 3.8) is 0 Å². The molecule has 0 fully saturated rings. The Bertz CT molecular complexity index is 1360. The number of hydrogen-bond donors (Lipinski definition) is 1. The number of hydrogen-bond acceptors (Lipinski definition) is 3. The highest BCUT2D eigenvalue weighted by molar-refractivity contribution is 6.05. The Morgan fingerprint density at radius 2 is 1.85 bits per heavy atom. The summed E-state index contributed by atoms with van der Waals surface area (Å²) < 4.78 is 11.5. The number of methoxy groups -OCH3 is 1. The number of aryl methyl sites for hydroxylation is 3. The molecular formula is C29H29NO3. The maximum absolute atomic E-state index is 12.8. The Labute approximate surface area is 194 Å². The number of furan rings is 1. The number of amides is 1. The number of rotatable bonds is 6. The van der Waals surface area contributed by atoms with E-state index in [4.69, 9.17) is 9.15 Å². The van der Waals surface area contributed by atoms with E-state index in [1.165, 1.54) is 11.1 Å². The molecule has 4 heteroatoms. The van der Waals surface area contributed by atoms with Crippen LogP contribution in [0.1, 0.15) is 36.1 Å². The minimum Gasteiger partial charge on any atom is -0.496 e. The van der Waals surface area contributed by atoms with Crippen molar-refractivity contribution in [3.05, 3.63) is 89.2 Å². The standard InChI is InChI=1S/C29H29NO3/c1-6-21-9-7-8-10-26(21)30-29(31)14-20(4)23-15-24-25(17-33-28(24)16-27(23)32-5)22-12-11-18(2)13-19(22)3/h7-17H,6H2,1-5H3,(H,30,31)/b20-14+. The SMILES string of the molecule is CCc1ccccc1NC(=O)/C=C(\C)c1cc2c(-c3ccc(C)cc3C)coc2cc1OC. The van der Waals surface area contributed by atoms with Gasteiger partial charge in [-0.1, -0.05) is 48.9 Å². The number of carbonyl (C=O) groups excluding carboxylic acids is 1. The van der Waals surface area contributed by atoms with Gasteiger partial charge in [-0.2, -0.15) is 0 Å². The van der Waals surface area contributed by atoms with Gasteiger partial charge in [-0.25, -0.2) is 0 Å². The van der Waals surface area contributed by atoms with Gasteiger partial charge in [-0.3, -0.25) is 4.79 Å². The van der Waals surface area contributed by atoms with Crippen molar-refractivity contribution in [1.29, 1.82) is 0 Å². The number of fused-ring (bicyclic) bond motifs is 1. The van der Waals surface area contributed by atoms with E-state index in [-0.39, 0.29) is 5.91 Å². The van der Waals surface area contributed by atoms with Crippen LogP contribution in [0, 0.1) is 13.8 Å². The molecule has 0 saturated heterocycles. The van der Waals surface area contributed by atoms with Crippen molar-refractivity contribution in [1.82, 2.24) is 0 Å². The molecule has 1 amide bonds. The van der Waals surface area contributed by atoms with Gasteiger partial charge in [0.1, 0.15) is 11.3 Å². The summed E-state index contributed by atoms with van der Waals surface area (Å²) >= 11 is 0. The van der Waals surface area contributed by atoms with E-state index in [0.717, 1.165) is 50.9 Å². The van der Waals surface area contributed by atoms with E-state index < -0.39 is 0 Å². The fourth-order valence-corrected chi connectivity index (χ4v) is 4.25. The summed E-state index contributed by atoms with van der Waals surface area (Å²) in [5, 5.41) is 4.00. The second-order valence-electron chi connectivity index (χ2n) is 8.34. The maximum atomic E-state index is 12.8. The average Bonchev–Trinajstić information content (AvgIpc) is 3.21. The first-order valence-corrected chi connectivity index (χ1v) is 11.2. The molecule has 4 aromatic rings. The molecule has 0 aliphatic heterocycles. The van der Waals surface area contributed by atoms with Crippen LogP contribution in [0.2, 0.25) is 0 Å². The first-order valence-electron chi connectivity index (χ1n) is 11.2. The highest BCUT2D eigenvalue weighted by atomic mass is 16.5. The summed E-state index contributed by atoms with van der Waals surface area (Å²) in [5.41, 5.74) is 8.93. The zero-order valence-corrected chi connectivity index (χ0v) is 19.8. The summed E-state index contributed by atoms with van der Waals surface area (Å²) in [7, 11) is 1.63. The molecule has 0 spiro atoms. The van der Waals surface area contributed by atoms with Gasteiger partial charge in [0.15, 0.2) is 0 Å². The zero-order chi connectivity index (χ0) is 23.5. The summed E-state index contributed by atoms with van der Waals surface area (Å²) in [6.07, 6.45) is 4.26. The van der Waals surface area contributed by atoms with Gasteiger partial charge in [0.2, 0.25) is 5.91 Å². The molecule has 0 atom stereocenters. The summed E-state index contributed by atoms with van der Waals surface area (Å²) in [6.45, 7) is 8.19. The molecule has 33 heavy (non-hydrogen) atoms. The summed E-state index contributed by atoms with van der Waals surface area (Å²) in [5.74, 6) is 0.497. The van der Waals surface area contributed by atoms with Crippen molar-refractivity contribution in [3.8, 4) is 16.9 Å². The molecule has 1 N–H and O–H groups in total. The van der Waals surface area contributed by atoms with Crippen molar-refractivity contribution in [2.75, 3.05) is 12.4 Å². The van der Waals surface area contributed by atoms with Crippen molar-refractivity contribution in [2.24, 2.45) is 0 Å². The van der Waals surface area contributed by atoms with Crippen LogP contribution in [-0.4, -0.2) is 13.0 Å². The van der Waals surface area contributed by atoms with Crippen molar-refractivity contribution in [2.45, 2.75) is 34.1 Å². The number of para-hydroxylation sites is 1. The molecule has 0 bridgehead atoms. The van der Waals surface area contributed by atoms with E-state index in [0.29, 0.717) is 5.75 Å². The number of ether oxygens (including phenoxy) is 1. The number of benzene rings is 3. The van der Waals surface area contributed by atoms with Crippen LogP contribution in [0.4, 0.5) is 5.69 Å². The number of nitrogens with one attached hydrogen (secondary N) is 1. The molecule has 1 heterocycles. The Hall–Kier alpha value is -3.79. The predicted octanol–water partition coefficient (Wildman–Crippen LogP) is 7.33. The van der Waals surface area contributed by atoms with Crippen LogP contribution >= 0.6 is 0 Å². The number of carbonyl (C=O) groups is 1. The molecule has 1 aromatic heterocycles. The predicted molar refractivity (Wildman–Crippen MR) is 136 cm³/mol. The molecule has 168 valence electrons. The van der Waals surface area contributed by atoms with Gasteiger partial charge in [-0.05, 0) is 61.6 Å². The smallest absolute Gasteiger partial charge is 0.248 e. The summed E-state index contributed by atoms with van der Waals surface area (Å²) in [6, 6.07) is 18.2. The van der Waals surface area contributed by atoms with E-state index in [9.17, 15) is 4.79 Å². The van der Waals surface area contributed by atoms with Crippen LogP contribution < -0.4 is 10.1 Å². The van der Waals surface area contributed by atoms with Gasteiger partial charge in [0, 0.05) is 34.3 Å². The van der Waals surface area contributed by atoms with Crippen molar-refractivity contribution >= 4 is 28.1 Å². The topological polar surface area (TPSA) is 51.5 Å². The van der Waals surface area contributed by atoms with Gasteiger partial charge in [-0.15, -0.1) is 0 Å². The molecular weight excluding hydrogens is 410 g/mol.